The quantitative estimate of drug-likeness (QED) is 0.536. The lowest BCUT2D eigenvalue weighted by atomic mass is 10.1. The van der Waals surface area contributed by atoms with Crippen molar-refractivity contribution >= 4 is 22.9 Å². The fourth-order valence-corrected chi connectivity index (χ4v) is 3.09. The molecular formula is C18H18N6O3. The Bertz CT molecular complexity index is 961. The molecule has 2 aromatic rings. The second-order valence-electron chi connectivity index (χ2n) is 6.30. The van der Waals surface area contributed by atoms with Gasteiger partial charge >= 0.3 is 0 Å². The Morgan fingerprint density at radius 3 is 2.89 bits per heavy atom. The molecule has 4 N–H and O–H groups in total. The summed E-state index contributed by atoms with van der Waals surface area (Å²) in [5, 5.41) is 11.2. The molecule has 1 aromatic carbocycles. The SMILES string of the molecule is N#Cc1cnc2ccc(/C=C3\NN(N)NC3=O)cc2c1OC1CCOCC1. The lowest BCUT2D eigenvalue weighted by molar-refractivity contribution is -0.118. The predicted molar refractivity (Wildman–Crippen MR) is 96.2 cm³/mol. The second-order valence-corrected chi connectivity index (χ2v) is 6.30. The molecule has 2 fully saturated rings. The van der Waals surface area contributed by atoms with Crippen molar-refractivity contribution in [2.24, 2.45) is 5.84 Å². The van der Waals surface area contributed by atoms with Crippen molar-refractivity contribution in [1.29, 1.82) is 5.26 Å². The van der Waals surface area contributed by atoms with Gasteiger partial charge in [-0.05, 0) is 23.8 Å². The van der Waals surface area contributed by atoms with Gasteiger partial charge in [0.05, 0.1) is 18.7 Å². The molecule has 27 heavy (non-hydrogen) atoms. The van der Waals surface area contributed by atoms with Crippen LogP contribution in [0.2, 0.25) is 0 Å². The van der Waals surface area contributed by atoms with Crippen molar-refractivity contribution in [3.63, 3.8) is 0 Å². The number of hydrogen-bond acceptors (Lipinski definition) is 8. The number of amides is 1. The molecule has 0 radical (unpaired) electrons. The molecule has 9 nitrogen and oxygen atoms in total. The van der Waals surface area contributed by atoms with Gasteiger partial charge < -0.3 is 9.47 Å². The van der Waals surface area contributed by atoms with Crippen LogP contribution in [0.3, 0.4) is 0 Å². The number of nitriles is 1. The van der Waals surface area contributed by atoms with E-state index >= 15 is 0 Å². The van der Waals surface area contributed by atoms with E-state index in [1.165, 1.54) is 6.20 Å². The molecule has 2 aliphatic rings. The van der Waals surface area contributed by atoms with E-state index in [1.54, 1.807) is 6.08 Å². The van der Waals surface area contributed by atoms with Gasteiger partial charge in [0.1, 0.15) is 29.2 Å². The van der Waals surface area contributed by atoms with Gasteiger partial charge in [-0.3, -0.25) is 20.6 Å². The van der Waals surface area contributed by atoms with Crippen molar-refractivity contribution in [1.82, 2.24) is 21.1 Å². The number of hydrogen-bond donors (Lipinski definition) is 3. The van der Waals surface area contributed by atoms with Crippen LogP contribution in [-0.2, 0) is 9.53 Å². The van der Waals surface area contributed by atoms with E-state index in [4.69, 9.17) is 15.3 Å². The molecule has 138 valence electrons. The van der Waals surface area contributed by atoms with E-state index in [0.717, 1.165) is 29.0 Å². The second kappa shape index (κ2) is 7.20. The number of carbonyl (C=O) groups is 1. The Kier molecular flexibility index (Phi) is 4.60. The predicted octanol–water partition coefficient (Wildman–Crippen LogP) is 0.730. The van der Waals surface area contributed by atoms with Crippen LogP contribution in [0, 0.1) is 11.3 Å². The average Bonchev–Trinajstić information content (AvgIpc) is 3.00. The molecule has 0 atom stereocenters. The maximum absolute atomic E-state index is 11.8. The van der Waals surface area contributed by atoms with E-state index in [1.807, 2.05) is 18.2 Å². The van der Waals surface area contributed by atoms with Crippen LogP contribution >= 0.6 is 0 Å². The highest BCUT2D eigenvalue weighted by Gasteiger charge is 2.22. The zero-order valence-electron chi connectivity index (χ0n) is 14.4. The zero-order chi connectivity index (χ0) is 18.8. The first-order chi connectivity index (χ1) is 13.1. The van der Waals surface area contributed by atoms with Crippen LogP contribution in [0.1, 0.15) is 24.0 Å². The first kappa shape index (κ1) is 17.2. The molecule has 2 aliphatic heterocycles. The standard InChI is InChI=1S/C18H18N6O3/c19-9-12-10-21-15-2-1-11(8-16-18(25)23-24(20)22-16)7-14(15)17(12)27-13-3-5-26-6-4-13/h1-2,7-8,10,13,22H,3-6,20H2,(H,23,25)/b16-8-. The Labute approximate surface area is 155 Å². The highest BCUT2D eigenvalue weighted by atomic mass is 16.5. The molecular weight excluding hydrogens is 348 g/mol. The van der Waals surface area contributed by atoms with Gasteiger partial charge in [0.15, 0.2) is 0 Å². The summed E-state index contributed by atoms with van der Waals surface area (Å²) >= 11 is 0. The van der Waals surface area contributed by atoms with Crippen LogP contribution in [0.4, 0.5) is 0 Å². The minimum atomic E-state index is -0.333. The summed E-state index contributed by atoms with van der Waals surface area (Å²) in [7, 11) is 0. The molecule has 0 unspecified atom stereocenters. The Hall–Kier alpha value is -3.19. The van der Waals surface area contributed by atoms with Crippen molar-refractivity contribution in [2.75, 3.05) is 13.2 Å². The number of nitrogens with one attached hydrogen (secondary N) is 2. The molecule has 0 saturated carbocycles. The summed E-state index contributed by atoms with van der Waals surface area (Å²) in [6, 6.07) is 7.66. The fourth-order valence-electron chi connectivity index (χ4n) is 3.09. The molecule has 3 heterocycles. The van der Waals surface area contributed by atoms with Crippen molar-refractivity contribution in [3.8, 4) is 11.8 Å². The molecule has 9 heteroatoms. The maximum Gasteiger partial charge on any atom is 0.285 e. The van der Waals surface area contributed by atoms with E-state index in [0.29, 0.717) is 35.7 Å². The van der Waals surface area contributed by atoms with E-state index in [9.17, 15) is 10.1 Å². The number of pyridine rings is 1. The van der Waals surface area contributed by atoms with Crippen molar-refractivity contribution in [3.05, 3.63) is 41.2 Å². The number of hydrazine groups is 3. The monoisotopic (exact) mass is 366 g/mol. The number of fused-ring (bicyclic) bond motifs is 1. The molecule has 0 spiro atoms. The van der Waals surface area contributed by atoms with Crippen molar-refractivity contribution < 1.29 is 14.3 Å². The summed E-state index contributed by atoms with van der Waals surface area (Å²) in [6.45, 7) is 1.28. The third-order valence-electron chi connectivity index (χ3n) is 4.43. The van der Waals surface area contributed by atoms with Gasteiger partial charge in [-0.2, -0.15) is 5.26 Å². The number of ether oxygens (including phenoxy) is 2. The average molecular weight is 366 g/mol. The molecule has 0 aliphatic carbocycles. The number of nitrogens with two attached hydrogens (primary N) is 1. The first-order valence-electron chi connectivity index (χ1n) is 8.55. The third-order valence-corrected chi connectivity index (χ3v) is 4.43. The normalized spacial score (nSPS) is 19.7. The van der Waals surface area contributed by atoms with Crippen LogP contribution in [0.15, 0.2) is 30.1 Å². The highest BCUT2D eigenvalue weighted by molar-refractivity contribution is 5.99. The van der Waals surface area contributed by atoms with Gasteiger partial charge in [0.25, 0.3) is 5.91 Å². The van der Waals surface area contributed by atoms with Gasteiger partial charge in [0.2, 0.25) is 0 Å². The van der Waals surface area contributed by atoms with Crippen LogP contribution in [0.5, 0.6) is 5.75 Å². The molecule has 1 aromatic heterocycles. The third kappa shape index (κ3) is 3.54. The summed E-state index contributed by atoms with van der Waals surface area (Å²) in [5.41, 5.74) is 7.27. The minimum absolute atomic E-state index is 0.00784. The van der Waals surface area contributed by atoms with Gasteiger partial charge in [-0.25, -0.2) is 5.84 Å². The Balaban J connectivity index is 1.74. The van der Waals surface area contributed by atoms with E-state index in [-0.39, 0.29) is 12.0 Å². The van der Waals surface area contributed by atoms with E-state index in [2.05, 4.69) is 21.9 Å². The zero-order valence-corrected chi connectivity index (χ0v) is 14.4. The Morgan fingerprint density at radius 1 is 1.37 bits per heavy atom. The van der Waals surface area contributed by atoms with E-state index < -0.39 is 0 Å². The molecule has 1 amide bonds. The summed E-state index contributed by atoms with van der Waals surface area (Å²) in [4.78, 5) is 16.2. The summed E-state index contributed by atoms with van der Waals surface area (Å²) in [6.07, 6.45) is 4.72. The number of benzene rings is 1. The lowest BCUT2D eigenvalue weighted by Crippen LogP contribution is -2.44. The highest BCUT2D eigenvalue weighted by Crippen LogP contribution is 2.31. The van der Waals surface area contributed by atoms with Gasteiger partial charge in [-0.15, -0.1) is 0 Å². The Morgan fingerprint density at radius 2 is 2.19 bits per heavy atom. The summed E-state index contributed by atoms with van der Waals surface area (Å²) in [5.74, 6) is 5.68. The van der Waals surface area contributed by atoms with Crippen molar-refractivity contribution in [2.45, 2.75) is 18.9 Å². The molecule has 0 bridgehead atoms. The van der Waals surface area contributed by atoms with Crippen LogP contribution < -0.4 is 21.4 Å². The number of rotatable bonds is 3. The van der Waals surface area contributed by atoms with Crippen LogP contribution in [0.25, 0.3) is 17.0 Å². The van der Waals surface area contributed by atoms with Gasteiger partial charge in [0, 0.05) is 24.4 Å². The van der Waals surface area contributed by atoms with Gasteiger partial charge in [-0.1, -0.05) is 11.3 Å². The molecule has 4 rings (SSSR count). The lowest BCUT2D eigenvalue weighted by Gasteiger charge is -2.24. The number of nitrogens with zero attached hydrogens (tertiary/aromatic N) is 3. The smallest absolute Gasteiger partial charge is 0.285 e. The first-order valence-corrected chi connectivity index (χ1v) is 8.55. The summed E-state index contributed by atoms with van der Waals surface area (Å²) < 4.78 is 11.5. The topological polar surface area (TPSA) is 126 Å². The largest absolute Gasteiger partial charge is 0.488 e. The maximum atomic E-state index is 11.8. The minimum Gasteiger partial charge on any atom is -0.488 e. The van der Waals surface area contributed by atoms with Crippen LogP contribution in [-0.4, -0.2) is 35.4 Å². The molecule has 2 saturated heterocycles. The fraction of sp³-hybridized carbons (Fsp3) is 0.278. The number of carbonyl (C=O) groups excluding carboxylic acids is 1. The number of aromatic nitrogens is 1.